The highest BCUT2D eigenvalue weighted by Gasteiger charge is 2.38. The van der Waals surface area contributed by atoms with Crippen molar-refractivity contribution in [2.75, 3.05) is 24.9 Å². The van der Waals surface area contributed by atoms with Gasteiger partial charge in [-0.05, 0) is 43.5 Å². The quantitative estimate of drug-likeness (QED) is 0.861. The summed E-state index contributed by atoms with van der Waals surface area (Å²) in [5.41, 5.74) is 0.452. The monoisotopic (exact) mass is 374 g/mol. The molecule has 1 saturated carbocycles. The lowest BCUT2D eigenvalue weighted by molar-refractivity contribution is 0.205. The Kier molecular flexibility index (Phi) is 5.24. The molecule has 0 unspecified atom stereocenters. The Morgan fingerprint density at radius 2 is 1.67 bits per heavy atom. The molecule has 0 spiro atoms. The third-order valence-electron chi connectivity index (χ3n) is 4.32. The van der Waals surface area contributed by atoms with Crippen LogP contribution in [0.4, 0.5) is 10.5 Å². The highest BCUT2D eigenvalue weighted by atomic mass is 32.2. The number of urea groups is 1. The summed E-state index contributed by atoms with van der Waals surface area (Å²) in [7, 11) is -4.93. The summed E-state index contributed by atoms with van der Waals surface area (Å²) in [6.07, 6.45) is 4.29. The second-order valence-corrected chi connectivity index (χ2v) is 10.5. The molecule has 0 saturated heterocycles. The molecule has 1 fully saturated rings. The number of anilines is 1. The second kappa shape index (κ2) is 6.72. The Bertz CT molecular complexity index is 816. The number of carbonyl (C=O) groups is 1. The van der Waals surface area contributed by atoms with Gasteiger partial charge in [-0.2, -0.15) is 0 Å². The number of rotatable bonds is 4. The fourth-order valence-electron chi connectivity index (χ4n) is 3.00. The highest BCUT2D eigenvalue weighted by molar-refractivity contribution is 7.91. The van der Waals surface area contributed by atoms with E-state index in [0.717, 1.165) is 12.7 Å². The van der Waals surface area contributed by atoms with Crippen molar-refractivity contribution in [2.45, 2.75) is 35.4 Å². The fourth-order valence-corrected chi connectivity index (χ4v) is 5.11. The topological polar surface area (TPSA) is 101 Å². The molecule has 0 heterocycles. The van der Waals surface area contributed by atoms with Crippen LogP contribution in [-0.2, 0) is 19.7 Å². The van der Waals surface area contributed by atoms with Crippen molar-refractivity contribution in [1.29, 1.82) is 0 Å². The first-order valence-electron chi connectivity index (χ1n) is 7.53. The maximum atomic E-state index is 12.4. The van der Waals surface area contributed by atoms with Crippen molar-refractivity contribution >= 4 is 31.4 Å². The largest absolute Gasteiger partial charge is 0.323 e. The maximum Gasteiger partial charge on any atom is 0.321 e. The van der Waals surface area contributed by atoms with Crippen LogP contribution < -0.4 is 5.32 Å². The van der Waals surface area contributed by atoms with Crippen LogP contribution in [0.1, 0.15) is 19.3 Å². The molecule has 0 aliphatic heterocycles. The van der Waals surface area contributed by atoms with E-state index in [1.807, 2.05) is 0 Å². The van der Waals surface area contributed by atoms with Crippen molar-refractivity contribution in [2.24, 2.45) is 0 Å². The molecule has 0 aromatic heterocycles. The summed E-state index contributed by atoms with van der Waals surface area (Å²) in [6, 6.07) is 5.08. The summed E-state index contributed by atoms with van der Waals surface area (Å²) in [5, 5.41) is 2.13. The van der Waals surface area contributed by atoms with Gasteiger partial charge in [-0.3, -0.25) is 0 Å². The maximum absolute atomic E-state index is 12.4. The van der Waals surface area contributed by atoms with Crippen LogP contribution in [0.5, 0.6) is 0 Å². The molecule has 1 aliphatic rings. The van der Waals surface area contributed by atoms with E-state index in [4.69, 9.17) is 0 Å². The number of sulfone groups is 2. The average Bonchev–Trinajstić information content (AvgIpc) is 2.95. The molecule has 1 aromatic carbocycles. The minimum absolute atomic E-state index is 0.168. The molecule has 7 nitrogen and oxygen atoms in total. The van der Waals surface area contributed by atoms with Gasteiger partial charge in [0, 0.05) is 31.3 Å². The minimum Gasteiger partial charge on any atom is -0.323 e. The zero-order valence-electron chi connectivity index (χ0n) is 13.9. The molecule has 1 aromatic rings. The second-order valence-electron chi connectivity index (χ2n) is 6.20. The number of hydrogen-bond donors (Lipinski definition) is 1. The Balaban J connectivity index is 2.09. The van der Waals surface area contributed by atoms with Crippen LogP contribution >= 0.6 is 0 Å². The van der Waals surface area contributed by atoms with Gasteiger partial charge in [-0.1, -0.05) is 0 Å². The lowest BCUT2D eigenvalue weighted by Gasteiger charge is -2.29. The van der Waals surface area contributed by atoms with E-state index >= 15 is 0 Å². The molecule has 2 atom stereocenters. The number of amides is 2. The number of benzene rings is 1. The van der Waals surface area contributed by atoms with Crippen LogP contribution in [0.25, 0.3) is 0 Å². The van der Waals surface area contributed by atoms with Crippen LogP contribution in [0.2, 0.25) is 0 Å². The number of carbonyl (C=O) groups excluding carboxylic acids is 1. The predicted molar refractivity (Wildman–Crippen MR) is 92.6 cm³/mol. The van der Waals surface area contributed by atoms with Gasteiger partial charge < -0.3 is 10.2 Å². The van der Waals surface area contributed by atoms with E-state index < -0.39 is 31.0 Å². The fraction of sp³-hybridized carbons (Fsp3) is 0.533. The van der Waals surface area contributed by atoms with Gasteiger partial charge in [0.1, 0.15) is 0 Å². The smallest absolute Gasteiger partial charge is 0.321 e. The summed E-state index contributed by atoms with van der Waals surface area (Å²) >= 11 is 0. The molecule has 9 heteroatoms. The van der Waals surface area contributed by atoms with Crippen molar-refractivity contribution in [1.82, 2.24) is 4.90 Å². The van der Waals surface area contributed by atoms with Crippen LogP contribution in [0.3, 0.4) is 0 Å². The van der Waals surface area contributed by atoms with Gasteiger partial charge in [0.15, 0.2) is 19.7 Å². The molecule has 1 aliphatic carbocycles. The van der Waals surface area contributed by atoms with Crippen LogP contribution in [0, 0.1) is 0 Å². The van der Waals surface area contributed by atoms with Gasteiger partial charge >= 0.3 is 6.03 Å². The summed E-state index contributed by atoms with van der Waals surface area (Å²) in [6.45, 7) is 0. The molecule has 134 valence electrons. The molecule has 0 bridgehead atoms. The van der Waals surface area contributed by atoms with Crippen molar-refractivity contribution in [3.05, 3.63) is 24.3 Å². The Labute approximate surface area is 142 Å². The van der Waals surface area contributed by atoms with E-state index in [-0.39, 0.29) is 10.9 Å². The first kappa shape index (κ1) is 18.7. The third-order valence-corrected chi connectivity index (χ3v) is 7.10. The first-order chi connectivity index (χ1) is 11.0. The highest BCUT2D eigenvalue weighted by Crippen LogP contribution is 2.29. The zero-order valence-corrected chi connectivity index (χ0v) is 15.5. The molecule has 2 amide bonds. The third kappa shape index (κ3) is 4.27. The normalized spacial score (nSPS) is 21.5. The Hall–Kier alpha value is -1.61. The first-order valence-corrected chi connectivity index (χ1v) is 11.4. The average molecular weight is 374 g/mol. The lowest BCUT2D eigenvalue weighted by Crippen LogP contribution is -2.46. The van der Waals surface area contributed by atoms with Gasteiger partial charge in [0.2, 0.25) is 0 Å². The summed E-state index contributed by atoms with van der Waals surface area (Å²) in [4.78, 5) is 13.9. The van der Waals surface area contributed by atoms with E-state index in [1.54, 1.807) is 7.05 Å². The molecular weight excluding hydrogens is 352 g/mol. The minimum atomic E-state index is -3.29. The van der Waals surface area contributed by atoms with Gasteiger partial charge in [-0.25, -0.2) is 21.6 Å². The van der Waals surface area contributed by atoms with Crippen LogP contribution in [0.15, 0.2) is 29.2 Å². The number of hydrogen-bond acceptors (Lipinski definition) is 5. The SMILES string of the molecule is CN(C(=O)Nc1ccc(S(C)(=O)=O)cc1)[C@H]1CCC[C@H]1S(C)(=O)=O. The summed E-state index contributed by atoms with van der Waals surface area (Å²) in [5.74, 6) is 0. The molecule has 0 radical (unpaired) electrons. The number of nitrogens with one attached hydrogen (secondary N) is 1. The van der Waals surface area contributed by atoms with Gasteiger partial charge in [0.25, 0.3) is 0 Å². The van der Waals surface area contributed by atoms with Gasteiger partial charge in [0.05, 0.1) is 10.1 Å². The van der Waals surface area contributed by atoms with Crippen LogP contribution in [-0.4, -0.2) is 58.6 Å². The zero-order chi connectivity index (χ0) is 18.1. The van der Waals surface area contributed by atoms with E-state index in [9.17, 15) is 21.6 Å². The summed E-state index contributed by atoms with van der Waals surface area (Å²) < 4.78 is 46.5. The Morgan fingerprint density at radius 3 is 2.17 bits per heavy atom. The standard InChI is InChI=1S/C15H22N2O5S2/c1-17(13-5-4-6-14(13)24(3,21)22)15(18)16-11-7-9-12(10-8-11)23(2,19)20/h7-10,13-14H,4-6H2,1-3H3,(H,16,18)/t13-,14+/m0/s1. The van der Waals surface area contributed by atoms with Crippen molar-refractivity contribution in [3.63, 3.8) is 0 Å². The lowest BCUT2D eigenvalue weighted by atomic mass is 10.2. The molecular formula is C15H22N2O5S2. The van der Waals surface area contributed by atoms with Gasteiger partial charge in [-0.15, -0.1) is 0 Å². The molecule has 2 rings (SSSR count). The molecule has 24 heavy (non-hydrogen) atoms. The van der Waals surface area contributed by atoms with Crippen molar-refractivity contribution in [3.8, 4) is 0 Å². The van der Waals surface area contributed by atoms with Crippen molar-refractivity contribution < 1.29 is 21.6 Å². The molecule has 1 N–H and O–H groups in total. The Morgan fingerprint density at radius 1 is 1.08 bits per heavy atom. The predicted octanol–water partition coefficient (Wildman–Crippen LogP) is 1.52. The van der Waals surface area contributed by atoms with E-state index in [2.05, 4.69) is 5.32 Å². The van der Waals surface area contributed by atoms with E-state index in [0.29, 0.717) is 18.5 Å². The number of nitrogens with zero attached hydrogens (tertiary/aromatic N) is 1. The van der Waals surface area contributed by atoms with E-state index in [1.165, 1.54) is 35.4 Å².